The Morgan fingerprint density at radius 1 is 1.36 bits per heavy atom. The molecule has 1 aromatic rings. The maximum Gasteiger partial charge on any atom is 0.0441 e. The van der Waals surface area contributed by atoms with Crippen molar-refractivity contribution < 1.29 is 0 Å². The van der Waals surface area contributed by atoms with Gasteiger partial charge in [0.15, 0.2) is 0 Å². The predicted octanol–water partition coefficient (Wildman–Crippen LogP) is 2.89. The Hall–Kier alpha value is -0.180. The summed E-state index contributed by atoms with van der Waals surface area (Å²) in [6.07, 6.45) is 1.10. The van der Waals surface area contributed by atoms with Crippen molar-refractivity contribution in [2.24, 2.45) is 5.73 Å². The van der Waals surface area contributed by atoms with E-state index in [1.807, 2.05) is 30.0 Å². The number of benzene rings is 1. The third-order valence-corrected chi connectivity index (χ3v) is 4.18. The normalized spacial score (nSPS) is 27.6. The van der Waals surface area contributed by atoms with Crippen LogP contribution >= 0.6 is 23.4 Å². The zero-order valence-corrected chi connectivity index (χ0v) is 9.52. The summed E-state index contributed by atoms with van der Waals surface area (Å²) in [6, 6.07) is 8.32. The lowest BCUT2D eigenvalue weighted by Gasteiger charge is -2.29. The maximum atomic E-state index is 6.16. The first-order valence-electron chi connectivity index (χ1n) is 4.87. The molecule has 0 spiro atoms. The zero-order chi connectivity index (χ0) is 9.97. The fourth-order valence-corrected chi connectivity index (χ4v) is 3.41. The molecule has 1 heterocycles. The first-order chi connectivity index (χ1) is 6.79. The van der Waals surface area contributed by atoms with E-state index in [1.165, 1.54) is 11.3 Å². The van der Waals surface area contributed by atoms with Crippen LogP contribution in [0.15, 0.2) is 24.3 Å². The van der Waals surface area contributed by atoms with Crippen LogP contribution in [0, 0.1) is 0 Å². The van der Waals surface area contributed by atoms with Crippen LogP contribution in [0.1, 0.15) is 17.9 Å². The molecule has 2 rings (SSSR count). The first kappa shape index (κ1) is 10.3. The predicted molar refractivity (Wildman–Crippen MR) is 64.1 cm³/mol. The summed E-state index contributed by atoms with van der Waals surface area (Å²) in [5, 5.41) is 0.857. The molecule has 2 N–H and O–H groups in total. The topological polar surface area (TPSA) is 26.0 Å². The Morgan fingerprint density at radius 3 is 2.86 bits per heavy atom. The molecule has 0 saturated carbocycles. The Bertz CT molecular complexity index is 316. The van der Waals surface area contributed by atoms with Crippen molar-refractivity contribution in [3.63, 3.8) is 0 Å². The van der Waals surface area contributed by atoms with E-state index in [2.05, 4.69) is 6.07 Å². The molecule has 0 amide bonds. The zero-order valence-electron chi connectivity index (χ0n) is 7.95. The minimum Gasteiger partial charge on any atom is -0.327 e. The van der Waals surface area contributed by atoms with E-state index in [0.29, 0.717) is 5.92 Å². The summed E-state index contributed by atoms with van der Waals surface area (Å²) in [7, 11) is 0. The SMILES string of the molecule is NC1CCSCC1c1ccccc1Cl. The Labute approximate surface area is 94.0 Å². The van der Waals surface area contributed by atoms with Gasteiger partial charge >= 0.3 is 0 Å². The molecule has 76 valence electrons. The average molecular weight is 228 g/mol. The van der Waals surface area contributed by atoms with E-state index in [0.717, 1.165) is 17.2 Å². The minimum atomic E-state index is 0.274. The Morgan fingerprint density at radius 2 is 2.14 bits per heavy atom. The first-order valence-corrected chi connectivity index (χ1v) is 6.40. The van der Waals surface area contributed by atoms with Gasteiger partial charge in [0.1, 0.15) is 0 Å². The lowest BCUT2D eigenvalue weighted by atomic mass is 9.92. The number of nitrogens with two attached hydrogens (primary N) is 1. The van der Waals surface area contributed by atoms with Crippen molar-refractivity contribution in [1.29, 1.82) is 0 Å². The fraction of sp³-hybridized carbons (Fsp3) is 0.455. The lowest BCUT2D eigenvalue weighted by molar-refractivity contribution is 0.548. The molecule has 3 heteroatoms. The van der Waals surface area contributed by atoms with Gasteiger partial charge in [-0.2, -0.15) is 11.8 Å². The van der Waals surface area contributed by atoms with Crippen LogP contribution in [0.5, 0.6) is 0 Å². The largest absolute Gasteiger partial charge is 0.327 e. The monoisotopic (exact) mass is 227 g/mol. The van der Waals surface area contributed by atoms with Crippen LogP contribution in [0.4, 0.5) is 0 Å². The number of hydrogen-bond donors (Lipinski definition) is 1. The summed E-state index contributed by atoms with van der Waals surface area (Å²) in [6.45, 7) is 0. The van der Waals surface area contributed by atoms with Crippen molar-refractivity contribution in [3.8, 4) is 0 Å². The van der Waals surface area contributed by atoms with Crippen LogP contribution < -0.4 is 5.73 Å². The van der Waals surface area contributed by atoms with Gasteiger partial charge in [0.2, 0.25) is 0 Å². The molecule has 1 aromatic carbocycles. The van der Waals surface area contributed by atoms with Crippen molar-refractivity contribution in [2.45, 2.75) is 18.4 Å². The molecule has 1 aliphatic heterocycles. The van der Waals surface area contributed by atoms with Gasteiger partial charge in [-0.1, -0.05) is 29.8 Å². The summed E-state index contributed by atoms with van der Waals surface area (Å²) >= 11 is 8.13. The molecule has 1 nitrogen and oxygen atoms in total. The van der Waals surface area contributed by atoms with Crippen molar-refractivity contribution >= 4 is 23.4 Å². The molecule has 14 heavy (non-hydrogen) atoms. The van der Waals surface area contributed by atoms with Gasteiger partial charge in [0.25, 0.3) is 0 Å². The molecule has 0 aromatic heterocycles. The molecule has 1 aliphatic rings. The van der Waals surface area contributed by atoms with Crippen LogP contribution in [0.2, 0.25) is 5.02 Å². The van der Waals surface area contributed by atoms with Crippen LogP contribution in [0.3, 0.4) is 0 Å². The lowest BCUT2D eigenvalue weighted by Crippen LogP contribution is -2.33. The average Bonchev–Trinajstić information content (AvgIpc) is 2.20. The van der Waals surface area contributed by atoms with E-state index in [-0.39, 0.29) is 6.04 Å². The minimum absolute atomic E-state index is 0.274. The smallest absolute Gasteiger partial charge is 0.0441 e. The standard InChI is InChI=1S/C11H14ClNS/c12-10-4-2-1-3-8(10)9-7-14-6-5-11(9)13/h1-4,9,11H,5-7,13H2. The number of hydrogen-bond acceptors (Lipinski definition) is 2. The quantitative estimate of drug-likeness (QED) is 0.799. The number of thioether (sulfide) groups is 1. The molecule has 0 bridgehead atoms. The molecule has 1 saturated heterocycles. The second kappa shape index (κ2) is 4.56. The maximum absolute atomic E-state index is 6.16. The summed E-state index contributed by atoms with van der Waals surface area (Å²) in [5.41, 5.74) is 7.32. The van der Waals surface area contributed by atoms with Gasteiger partial charge in [-0.25, -0.2) is 0 Å². The summed E-state index contributed by atoms with van der Waals surface area (Å²) in [4.78, 5) is 0. The van der Waals surface area contributed by atoms with Crippen LogP contribution in [-0.2, 0) is 0 Å². The molecule has 0 radical (unpaired) electrons. The van der Waals surface area contributed by atoms with Gasteiger partial charge < -0.3 is 5.73 Å². The van der Waals surface area contributed by atoms with Crippen molar-refractivity contribution in [3.05, 3.63) is 34.9 Å². The van der Waals surface area contributed by atoms with Gasteiger partial charge in [-0.3, -0.25) is 0 Å². The highest BCUT2D eigenvalue weighted by molar-refractivity contribution is 7.99. The van der Waals surface area contributed by atoms with Crippen molar-refractivity contribution in [2.75, 3.05) is 11.5 Å². The molecular formula is C11H14ClNS. The Kier molecular flexibility index (Phi) is 3.37. The van der Waals surface area contributed by atoms with Gasteiger partial charge in [-0.15, -0.1) is 0 Å². The molecule has 2 atom stereocenters. The van der Waals surface area contributed by atoms with E-state index in [4.69, 9.17) is 17.3 Å². The van der Waals surface area contributed by atoms with E-state index >= 15 is 0 Å². The highest BCUT2D eigenvalue weighted by Gasteiger charge is 2.24. The van der Waals surface area contributed by atoms with Gasteiger partial charge in [0.05, 0.1) is 0 Å². The van der Waals surface area contributed by atoms with E-state index in [1.54, 1.807) is 0 Å². The van der Waals surface area contributed by atoms with Crippen LogP contribution in [-0.4, -0.2) is 17.5 Å². The number of halogens is 1. The molecule has 1 fully saturated rings. The Balaban J connectivity index is 2.25. The molecular weight excluding hydrogens is 214 g/mol. The third kappa shape index (κ3) is 2.08. The highest BCUT2D eigenvalue weighted by atomic mass is 35.5. The summed E-state index contributed by atoms with van der Waals surface area (Å²) in [5.74, 6) is 2.72. The van der Waals surface area contributed by atoms with Crippen molar-refractivity contribution in [1.82, 2.24) is 0 Å². The third-order valence-electron chi connectivity index (χ3n) is 2.71. The van der Waals surface area contributed by atoms with E-state index in [9.17, 15) is 0 Å². The second-order valence-corrected chi connectivity index (χ2v) is 5.21. The second-order valence-electron chi connectivity index (χ2n) is 3.66. The fourth-order valence-electron chi connectivity index (χ4n) is 1.85. The van der Waals surface area contributed by atoms with E-state index < -0.39 is 0 Å². The number of rotatable bonds is 1. The molecule has 0 aliphatic carbocycles. The highest BCUT2D eigenvalue weighted by Crippen LogP contribution is 2.33. The molecule has 2 unspecified atom stereocenters. The van der Waals surface area contributed by atoms with Crippen LogP contribution in [0.25, 0.3) is 0 Å². The van der Waals surface area contributed by atoms with Gasteiger partial charge in [0, 0.05) is 22.7 Å². The van der Waals surface area contributed by atoms with Gasteiger partial charge in [-0.05, 0) is 23.8 Å². The summed E-state index contributed by atoms with van der Waals surface area (Å²) < 4.78 is 0.